The Morgan fingerprint density at radius 2 is 2.03 bits per heavy atom. The van der Waals surface area contributed by atoms with Crippen LogP contribution in [0.25, 0.3) is 5.69 Å². The summed E-state index contributed by atoms with van der Waals surface area (Å²) in [5.41, 5.74) is 8.57. The molecule has 1 atom stereocenters. The Morgan fingerprint density at radius 3 is 2.67 bits per heavy atom. The summed E-state index contributed by atoms with van der Waals surface area (Å²) in [4.78, 5) is 11.0. The number of aryl methyl sites for hydroxylation is 1. The Bertz CT molecular complexity index is 1220. The van der Waals surface area contributed by atoms with Crippen LogP contribution in [0.15, 0.2) is 60.0 Å². The lowest BCUT2D eigenvalue weighted by Crippen LogP contribution is -2.22. The summed E-state index contributed by atoms with van der Waals surface area (Å²) in [6, 6.07) is 16.0. The van der Waals surface area contributed by atoms with E-state index in [1.165, 1.54) is 19.2 Å². The van der Waals surface area contributed by atoms with E-state index >= 15 is 0 Å². The van der Waals surface area contributed by atoms with Crippen molar-refractivity contribution in [3.63, 3.8) is 0 Å². The molecule has 0 bridgehead atoms. The van der Waals surface area contributed by atoms with E-state index in [1.807, 2.05) is 30.3 Å². The summed E-state index contributed by atoms with van der Waals surface area (Å²) in [7, 11) is 1.36. The number of rotatable bonds is 4. The van der Waals surface area contributed by atoms with E-state index in [4.69, 9.17) is 15.2 Å². The highest BCUT2D eigenvalue weighted by Crippen LogP contribution is 2.46. The number of fused-ring (bicyclic) bond motifs is 1. The van der Waals surface area contributed by atoms with Gasteiger partial charge in [-0.15, -0.1) is 0 Å². The van der Waals surface area contributed by atoms with Crippen molar-refractivity contribution in [2.45, 2.75) is 12.8 Å². The van der Waals surface area contributed by atoms with Crippen LogP contribution in [0.3, 0.4) is 0 Å². The smallest absolute Gasteiger partial charge is 0.311 e. The van der Waals surface area contributed by atoms with Crippen LogP contribution in [0.1, 0.15) is 22.7 Å². The Hall–Kier alpha value is -4.32. The van der Waals surface area contributed by atoms with Crippen molar-refractivity contribution in [2.75, 3.05) is 7.11 Å². The Balaban J connectivity index is 1.96. The molecule has 0 fully saturated rings. The van der Waals surface area contributed by atoms with Crippen molar-refractivity contribution in [1.29, 1.82) is 5.26 Å². The van der Waals surface area contributed by atoms with Crippen LogP contribution < -0.4 is 15.2 Å². The number of methoxy groups -OCH3 is 1. The Kier molecular flexibility index (Phi) is 4.60. The maximum absolute atomic E-state index is 11.5. The quantitative estimate of drug-likeness (QED) is 0.522. The van der Waals surface area contributed by atoms with Crippen LogP contribution >= 0.6 is 0 Å². The molecule has 30 heavy (non-hydrogen) atoms. The van der Waals surface area contributed by atoms with Gasteiger partial charge in [-0.3, -0.25) is 10.1 Å². The minimum Gasteiger partial charge on any atom is -0.490 e. The first-order valence-corrected chi connectivity index (χ1v) is 9.01. The van der Waals surface area contributed by atoms with E-state index in [-0.39, 0.29) is 22.9 Å². The minimum atomic E-state index is -0.666. The van der Waals surface area contributed by atoms with Gasteiger partial charge in [0.25, 0.3) is 0 Å². The third-order valence-corrected chi connectivity index (χ3v) is 4.97. The van der Waals surface area contributed by atoms with Gasteiger partial charge in [-0.25, -0.2) is 4.68 Å². The van der Waals surface area contributed by atoms with Gasteiger partial charge >= 0.3 is 5.69 Å². The summed E-state index contributed by atoms with van der Waals surface area (Å²) in [5, 5.41) is 25.8. The molecular formula is C21H17N5O4. The summed E-state index contributed by atoms with van der Waals surface area (Å²) >= 11 is 0. The predicted octanol–water partition coefficient (Wildman–Crippen LogP) is 3.32. The van der Waals surface area contributed by atoms with Crippen LogP contribution in [-0.2, 0) is 0 Å². The second-order valence-corrected chi connectivity index (χ2v) is 6.66. The van der Waals surface area contributed by atoms with Crippen molar-refractivity contribution >= 4 is 5.69 Å². The molecule has 0 spiro atoms. The molecule has 1 unspecified atom stereocenters. The number of nitrogens with zero attached hydrogens (tertiary/aromatic N) is 4. The Morgan fingerprint density at radius 1 is 1.30 bits per heavy atom. The molecule has 2 N–H and O–H groups in total. The van der Waals surface area contributed by atoms with Gasteiger partial charge in [-0.2, -0.15) is 10.4 Å². The molecule has 1 aliphatic heterocycles. The van der Waals surface area contributed by atoms with Gasteiger partial charge in [0.05, 0.1) is 34.9 Å². The number of aromatic nitrogens is 2. The van der Waals surface area contributed by atoms with Crippen LogP contribution in [-0.4, -0.2) is 21.8 Å². The molecule has 150 valence electrons. The number of nitro groups is 1. The summed E-state index contributed by atoms with van der Waals surface area (Å²) in [6.07, 6.45) is 0. The van der Waals surface area contributed by atoms with E-state index < -0.39 is 10.8 Å². The molecule has 2 aromatic carbocycles. The average molecular weight is 403 g/mol. The van der Waals surface area contributed by atoms with E-state index in [9.17, 15) is 15.4 Å². The molecule has 1 aromatic heterocycles. The van der Waals surface area contributed by atoms with Gasteiger partial charge < -0.3 is 15.2 Å². The SMILES string of the molecule is COc1ccc(C2C(C#N)=C(N)Oc3c2c(C)nn3-c2ccccc2)cc1[N+](=O)[O-]. The number of para-hydroxylation sites is 1. The first kappa shape index (κ1) is 19.0. The van der Waals surface area contributed by atoms with Gasteiger partial charge in [0.1, 0.15) is 11.6 Å². The third kappa shape index (κ3) is 2.91. The number of hydrogen-bond donors (Lipinski definition) is 1. The molecule has 1 aliphatic rings. The lowest BCUT2D eigenvalue weighted by molar-refractivity contribution is -0.385. The fraction of sp³-hybridized carbons (Fsp3) is 0.143. The normalized spacial score (nSPS) is 15.2. The number of hydrogen-bond acceptors (Lipinski definition) is 7. The fourth-order valence-corrected chi connectivity index (χ4v) is 3.62. The minimum absolute atomic E-state index is 0.0643. The van der Waals surface area contributed by atoms with E-state index in [0.29, 0.717) is 22.7 Å². The number of benzene rings is 2. The second-order valence-electron chi connectivity index (χ2n) is 6.66. The molecule has 0 saturated carbocycles. The first-order valence-electron chi connectivity index (χ1n) is 9.01. The van der Waals surface area contributed by atoms with Crippen molar-refractivity contribution < 1.29 is 14.4 Å². The van der Waals surface area contributed by atoms with Crippen molar-refractivity contribution in [3.8, 4) is 23.4 Å². The van der Waals surface area contributed by atoms with Crippen LogP contribution in [0.2, 0.25) is 0 Å². The average Bonchev–Trinajstić information content (AvgIpc) is 3.08. The molecule has 0 saturated heterocycles. The highest BCUT2D eigenvalue weighted by Gasteiger charge is 2.37. The number of nitrogens with two attached hydrogens (primary N) is 1. The summed E-state index contributed by atoms with van der Waals surface area (Å²) in [5.74, 6) is -0.228. The van der Waals surface area contributed by atoms with Crippen molar-refractivity contribution in [3.05, 3.63) is 86.9 Å². The molecule has 4 rings (SSSR count). The van der Waals surface area contributed by atoms with Crippen molar-refractivity contribution in [1.82, 2.24) is 9.78 Å². The van der Waals surface area contributed by atoms with E-state index in [1.54, 1.807) is 17.7 Å². The molecule has 0 radical (unpaired) electrons. The predicted molar refractivity (Wildman–Crippen MR) is 107 cm³/mol. The zero-order valence-corrected chi connectivity index (χ0v) is 16.2. The molecule has 0 aliphatic carbocycles. The number of allylic oxidation sites excluding steroid dienone is 1. The van der Waals surface area contributed by atoms with Gasteiger partial charge in [0, 0.05) is 6.07 Å². The van der Waals surface area contributed by atoms with E-state index in [2.05, 4.69) is 11.2 Å². The lowest BCUT2D eigenvalue weighted by Gasteiger charge is -2.25. The van der Waals surface area contributed by atoms with Crippen LogP contribution in [0.5, 0.6) is 11.6 Å². The number of nitro benzene ring substituents is 1. The summed E-state index contributed by atoms with van der Waals surface area (Å²) < 4.78 is 12.5. The standard InChI is InChI=1S/C21H17N5O4/c1-12-18-19(13-8-9-17(29-2)16(10-13)26(27)28)15(11-22)20(23)30-21(18)25(24-12)14-6-4-3-5-7-14/h3-10,19H,23H2,1-2H3. The van der Waals surface area contributed by atoms with Gasteiger partial charge in [0.2, 0.25) is 11.8 Å². The molecule has 2 heterocycles. The third-order valence-electron chi connectivity index (χ3n) is 4.97. The van der Waals surface area contributed by atoms with E-state index in [0.717, 1.165) is 5.69 Å². The maximum atomic E-state index is 11.5. The number of nitriles is 1. The lowest BCUT2D eigenvalue weighted by atomic mass is 9.84. The molecular weight excluding hydrogens is 386 g/mol. The highest BCUT2D eigenvalue weighted by atomic mass is 16.6. The molecule has 0 amide bonds. The largest absolute Gasteiger partial charge is 0.490 e. The highest BCUT2D eigenvalue weighted by molar-refractivity contribution is 5.60. The van der Waals surface area contributed by atoms with Gasteiger partial charge in [-0.1, -0.05) is 24.3 Å². The second kappa shape index (κ2) is 7.25. The van der Waals surface area contributed by atoms with Gasteiger partial charge in [-0.05, 0) is 30.7 Å². The molecule has 3 aromatic rings. The molecule has 9 nitrogen and oxygen atoms in total. The van der Waals surface area contributed by atoms with Gasteiger partial charge in [0.15, 0.2) is 5.75 Å². The number of ether oxygens (including phenoxy) is 2. The van der Waals surface area contributed by atoms with Crippen LogP contribution in [0.4, 0.5) is 5.69 Å². The monoisotopic (exact) mass is 403 g/mol. The Labute approximate surface area is 171 Å². The zero-order valence-electron chi connectivity index (χ0n) is 16.2. The van der Waals surface area contributed by atoms with Crippen molar-refractivity contribution in [2.24, 2.45) is 5.73 Å². The molecule has 9 heteroatoms. The fourth-order valence-electron chi connectivity index (χ4n) is 3.62. The maximum Gasteiger partial charge on any atom is 0.311 e. The zero-order chi connectivity index (χ0) is 21.4. The first-order chi connectivity index (χ1) is 14.5. The van der Waals surface area contributed by atoms with Crippen LogP contribution in [0, 0.1) is 28.4 Å². The topological polar surface area (TPSA) is 129 Å². The summed E-state index contributed by atoms with van der Waals surface area (Å²) in [6.45, 7) is 1.79.